The molecular formula is C17H21N3OS2. The van der Waals surface area contributed by atoms with Gasteiger partial charge in [-0.3, -0.25) is 4.79 Å². The van der Waals surface area contributed by atoms with Gasteiger partial charge in [0.05, 0.1) is 16.0 Å². The van der Waals surface area contributed by atoms with Crippen LogP contribution in [0.1, 0.15) is 44.9 Å². The fraction of sp³-hybridized carbons (Fsp3) is 0.471. The molecule has 1 fully saturated rings. The molecule has 1 heterocycles. The van der Waals surface area contributed by atoms with Gasteiger partial charge in [0.15, 0.2) is 4.34 Å². The third-order valence-corrected chi connectivity index (χ3v) is 6.05. The summed E-state index contributed by atoms with van der Waals surface area (Å²) in [5.74, 6) is 0.306. The van der Waals surface area contributed by atoms with Gasteiger partial charge in [-0.1, -0.05) is 43.2 Å². The van der Waals surface area contributed by atoms with Crippen molar-refractivity contribution < 1.29 is 4.79 Å². The van der Waals surface area contributed by atoms with Crippen LogP contribution in [0.4, 0.5) is 0 Å². The summed E-state index contributed by atoms with van der Waals surface area (Å²) in [4.78, 5) is 16.5. The Kier molecular flexibility index (Phi) is 6.05. The predicted octanol–water partition coefficient (Wildman–Crippen LogP) is 4.60. The lowest BCUT2D eigenvalue weighted by Crippen LogP contribution is -2.21. The van der Waals surface area contributed by atoms with Gasteiger partial charge in [-0.15, -0.1) is 11.3 Å². The Morgan fingerprint density at radius 1 is 1.17 bits per heavy atom. The van der Waals surface area contributed by atoms with E-state index in [4.69, 9.17) is 0 Å². The van der Waals surface area contributed by atoms with Gasteiger partial charge in [-0.2, -0.15) is 5.10 Å². The van der Waals surface area contributed by atoms with Crippen LogP contribution in [0.3, 0.4) is 0 Å². The van der Waals surface area contributed by atoms with Crippen molar-refractivity contribution in [3.05, 3.63) is 24.3 Å². The van der Waals surface area contributed by atoms with E-state index in [-0.39, 0.29) is 5.91 Å². The molecule has 122 valence electrons. The maximum Gasteiger partial charge on any atom is 0.250 e. The lowest BCUT2D eigenvalue weighted by atomic mass is 9.99. The quantitative estimate of drug-likeness (QED) is 0.649. The van der Waals surface area contributed by atoms with Gasteiger partial charge >= 0.3 is 0 Å². The number of benzene rings is 1. The van der Waals surface area contributed by atoms with Crippen LogP contribution in [-0.2, 0) is 4.79 Å². The summed E-state index contributed by atoms with van der Waals surface area (Å²) in [7, 11) is 0. The molecule has 23 heavy (non-hydrogen) atoms. The van der Waals surface area contributed by atoms with Crippen molar-refractivity contribution in [2.45, 2.75) is 49.3 Å². The number of hydrogen-bond acceptors (Lipinski definition) is 5. The van der Waals surface area contributed by atoms with Gasteiger partial charge in [-0.05, 0) is 37.8 Å². The third kappa shape index (κ3) is 5.04. The Morgan fingerprint density at radius 3 is 2.70 bits per heavy atom. The molecule has 6 heteroatoms. The highest BCUT2D eigenvalue weighted by molar-refractivity contribution is 8.01. The van der Waals surface area contributed by atoms with Gasteiger partial charge in [0, 0.05) is 5.71 Å². The van der Waals surface area contributed by atoms with Crippen molar-refractivity contribution in [3.63, 3.8) is 0 Å². The summed E-state index contributed by atoms with van der Waals surface area (Å²) in [6, 6.07) is 8.04. The number of nitrogens with zero attached hydrogens (tertiary/aromatic N) is 2. The highest BCUT2D eigenvalue weighted by Gasteiger charge is 2.09. The maximum absolute atomic E-state index is 12.0. The molecule has 1 aliphatic carbocycles. The standard InChI is InChI=1S/C17H21N3OS2/c21-16(20-19-13-8-4-2-1-3-5-9-13)12-22-17-18-14-10-6-7-11-15(14)23-17/h6-7,10-11H,1-5,8-9,12H2,(H,20,21). The summed E-state index contributed by atoms with van der Waals surface area (Å²) in [5, 5.41) is 4.33. The molecule has 3 rings (SSSR count). The third-order valence-electron chi connectivity index (χ3n) is 3.87. The van der Waals surface area contributed by atoms with E-state index in [2.05, 4.69) is 21.6 Å². The number of aromatic nitrogens is 1. The average Bonchev–Trinajstić information content (AvgIpc) is 2.95. The number of hydrogen-bond donors (Lipinski definition) is 1. The highest BCUT2D eigenvalue weighted by atomic mass is 32.2. The molecule has 0 bridgehead atoms. The average molecular weight is 348 g/mol. The van der Waals surface area contributed by atoms with Crippen molar-refractivity contribution >= 4 is 44.9 Å². The molecule has 0 aliphatic heterocycles. The first-order valence-electron chi connectivity index (χ1n) is 8.14. The molecule has 1 aromatic carbocycles. The van der Waals surface area contributed by atoms with Gasteiger partial charge in [0.1, 0.15) is 0 Å². The largest absolute Gasteiger partial charge is 0.272 e. The minimum Gasteiger partial charge on any atom is -0.272 e. The van der Waals surface area contributed by atoms with Crippen molar-refractivity contribution in [1.29, 1.82) is 0 Å². The number of carbonyl (C=O) groups is 1. The SMILES string of the molecule is O=C(CSc1nc2ccccc2s1)NN=C1CCCCCCC1. The number of nitrogens with one attached hydrogen (secondary N) is 1. The van der Waals surface area contributed by atoms with Gasteiger partial charge in [0.25, 0.3) is 5.91 Å². The Balaban J connectivity index is 1.48. The molecule has 0 saturated heterocycles. The van der Waals surface area contributed by atoms with Crippen molar-refractivity contribution in [3.8, 4) is 0 Å². The number of thiazole rings is 1. The van der Waals surface area contributed by atoms with Crippen LogP contribution in [-0.4, -0.2) is 22.4 Å². The van der Waals surface area contributed by atoms with Crippen LogP contribution in [0.25, 0.3) is 10.2 Å². The number of hydrazone groups is 1. The van der Waals surface area contributed by atoms with Crippen LogP contribution in [0.15, 0.2) is 33.7 Å². The van der Waals surface area contributed by atoms with E-state index < -0.39 is 0 Å². The van der Waals surface area contributed by atoms with E-state index in [0.717, 1.165) is 33.1 Å². The predicted molar refractivity (Wildman–Crippen MR) is 98.2 cm³/mol. The number of amides is 1. The van der Waals surface area contributed by atoms with E-state index in [1.807, 2.05) is 18.2 Å². The van der Waals surface area contributed by atoms with Gasteiger partial charge in [-0.25, -0.2) is 10.4 Å². The Morgan fingerprint density at radius 2 is 1.91 bits per heavy atom. The number of para-hydroxylation sites is 1. The summed E-state index contributed by atoms with van der Waals surface area (Å²) >= 11 is 3.10. The molecule has 1 N–H and O–H groups in total. The molecule has 0 atom stereocenters. The summed E-state index contributed by atoms with van der Waals surface area (Å²) in [5.41, 5.74) is 4.85. The second kappa shape index (κ2) is 8.45. The summed E-state index contributed by atoms with van der Waals surface area (Å²) in [6.45, 7) is 0. The molecule has 1 saturated carbocycles. The van der Waals surface area contributed by atoms with Crippen molar-refractivity contribution in [2.24, 2.45) is 5.10 Å². The van der Waals surface area contributed by atoms with Crippen LogP contribution < -0.4 is 5.43 Å². The van der Waals surface area contributed by atoms with Gasteiger partial charge in [0.2, 0.25) is 0 Å². The van der Waals surface area contributed by atoms with E-state index >= 15 is 0 Å². The van der Waals surface area contributed by atoms with Crippen LogP contribution in [0, 0.1) is 0 Å². The fourth-order valence-corrected chi connectivity index (χ4v) is 4.50. The monoisotopic (exact) mass is 347 g/mol. The Labute approximate surface area is 144 Å². The zero-order valence-corrected chi connectivity index (χ0v) is 14.7. The second-order valence-corrected chi connectivity index (χ2v) is 7.97. The highest BCUT2D eigenvalue weighted by Crippen LogP contribution is 2.29. The number of carbonyl (C=O) groups excluding carboxylic acids is 1. The van der Waals surface area contributed by atoms with E-state index in [9.17, 15) is 4.79 Å². The van der Waals surface area contributed by atoms with Crippen LogP contribution >= 0.6 is 23.1 Å². The van der Waals surface area contributed by atoms with E-state index in [1.165, 1.54) is 43.9 Å². The van der Waals surface area contributed by atoms with Gasteiger partial charge < -0.3 is 0 Å². The zero-order valence-electron chi connectivity index (χ0n) is 13.1. The van der Waals surface area contributed by atoms with Crippen LogP contribution in [0.2, 0.25) is 0 Å². The minimum absolute atomic E-state index is 0.0520. The number of fused-ring (bicyclic) bond motifs is 1. The maximum atomic E-state index is 12.0. The minimum atomic E-state index is -0.0520. The van der Waals surface area contributed by atoms with Crippen molar-refractivity contribution in [2.75, 3.05) is 5.75 Å². The van der Waals surface area contributed by atoms with E-state index in [0.29, 0.717) is 5.75 Å². The van der Waals surface area contributed by atoms with Crippen molar-refractivity contribution in [1.82, 2.24) is 10.4 Å². The first kappa shape index (κ1) is 16.5. The molecule has 2 aromatic rings. The topological polar surface area (TPSA) is 54.4 Å². The number of rotatable bonds is 4. The zero-order chi connectivity index (χ0) is 15.9. The lowest BCUT2D eigenvalue weighted by molar-refractivity contribution is -0.118. The molecule has 1 aliphatic rings. The fourth-order valence-electron chi connectivity index (χ4n) is 2.64. The molecule has 1 aromatic heterocycles. The lowest BCUT2D eigenvalue weighted by Gasteiger charge is -2.10. The second-order valence-electron chi connectivity index (χ2n) is 5.72. The molecule has 0 spiro atoms. The molecule has 0 radical (unpaired) electrons. The smallest absolute Gasteiger partial charge is 0.250 e. The first-order valence-corrected chi connectivity index (χ1v) is 9.94. The molecule has 0 unspecified atom stereocenters. The summed E-state index contributed by atoms with van der Waals surface area (Å²) < 4.78 is 2.09. The number of thioether (sulfide) groups is 1. The van der Waals surface area contributed by atoms with Crippen LogP contribution in [0.5, 0.6) is 0 Å². The molecule has 1 amide bonds. The Bertz CT molecular complexity index is 653. The van der Waals surface area contributed by atoms with E-state index in [1.54, 1.807) is 11.3 Å². The Hall–Kier alpha value is -1.40. The molecule has 4 nitrogen and oxygen atoms in total. The normalized spacial score (nSPS) is 15.9. The molecular weight excluding hydrogens is 326 g/mol. The summed E-state index contributed by atoms with van der Waals surface area (Å²) in [6.07, 6.45) is 8.31. The first-order chi connectivity index (χ1) is 11.3.